The number of hydrogen-bond acceptors (Lipinski definition) is 9. The minimum absolute atomic E-state index is 0.0993. The van der Waals surface area contributed by atoms with Crippen LogP contribution in [0.4, 0.5) is 0 Å². The standard InChI is InChI=1S/C24H40N4O5/c1-19(29)24-22(32-17-20(30)15-27-11-7-25(2)8-12-27)5-4-6-23(24)33-18-21(31)16-28-13-9-26(3)10-14-28/h4-6,20-21,30-31H,7-18H2,1-3H3. The van der Waals surface area contributed by atoms with E-state index in [9.17, 15) is 15.0 Å². The molecule has 186 valence electrons. The van der Waals surface area contributed by atoms with E-state index in [0.29, 0.717) is 30.2 Å². The summed E-state index contributed by atoms with van der Waals surface area (Å²) in [5.74, 6) is 0.611. The predicted octanol–water partition coefficient (Wildman–Crippen LogP) is -0.137. The lowest BCUT2D eigenvalue weighted by Crippen LogP contribution is -2.47. The number of aliphatic hydroxyl groups is 2. The molecule has 1 aromatic rings. The molecule has 2 fully saturated rings. The first kappa shape index (κ1) is 25.9. The number of hydrogen-bond donors (Lipinski definition) is 2. The average molecular weight is 465 g/mol. The van der Waals surface area contributed by atoms with E-state index in [1.165, 1.54) is 6.92 Å². The molecule has 0 aromatic heterocycles. The predicted molar refractivity (Wildman–Crippen MR) is 127 cm³/mol. The highest BCUT2D eigenvalue weighted by Crippen LogP contribution is 2.29. The van der Waals surface area contributed by atoms with Gasteiger partial charge in [0.2, 0.25) is 0 Å². The van der Waals surface area contributed by atoms with Gasteiger partial charge >= 0.3 is 0 Å². The molecule has 2 atom stereocenters. The average Bonchev–Trinajstić information content (AvgIpc) is 2.79. The smallest absolute Gasteiger partial charge is 0.167 e. The molecular formula is C24H40N4O5. The molecule has 0 radical (unpaired) electrons. The fraction of sp³-hybridized carbons (Fsp3) is 0.708. The summed E-state index contributed by atoms with van der Waals surface area (Å²) in [5.41, 5.74) is 0.344. The maximum atomic E-state index is 12.4. The van der Waals surface area contributed by atoms with Gasteiger partial charge in [0.25, 0.3) is 0 Å². The molecule has 3 rings (SSSR count). The molecule has 0 bridgehead atoms. The van der Waals surface area contributed by atoms with Crippen LogP contribution >= 0.6 is 0 Å². The van der Waals surface area contributed by atoms with Gasteiger partial charge in [-0.05, 0) is 33.2 Å². The summed E-state index contributed by atoms with van der Waals surface area (Å²) in [6.45, 7) is 10.4. The van der Waals surface area contributed by atoms with Crippen molar-refractivity contribution in [2.75, 3.05) is 92.8 Å². The van der Waals surface area contributed by atoms with Gasteiger partial charge in [-0.25, -0.2) is 0 Å². The van der Waals surface area contributed by atoms with Crippen molar-refractivity contribution >= 4 is 5.78 Å². The van der Waals surface area contributed by atoms with Crippen LogP contribution in [0.3, 0.4) is 0 Å². The SMILES string of the molecule is CC(=O)c1c(OCC(O)CN2CCN(C)CC2)cccc1OCC(O)CN1CCN(C)CC1. The molecule has 2 unspecified atom stereocenters. The molecule has 2 N–H and O–H groups in total. The first-order valence-electron chi connectivity index (χ1n) is 11.9. The minimum Gasteiger partial charge on any atom is -0.490 e. The molecule has 33 heavy (non-hydrogen) atoms. The number of rotatable bonds is 11. The van der Waals surface area contributed by atoms with Crippen molar-refractivity contribution in [2.24, 2.45) is 0 Å². The summed E-state index contributed by atoms with van der Waals surface area (Å²) in [7, 11) is 4.20. The first-order chi connectivity index (χ1) is 15.8. The molecule has 1 aromatic carbocycles. The Balaban J connectivity index is 1.51. The van der Waals surface area contributed by atoms with Gasteiger partial charge < -0.3 is 29.5 Å². The number of β-amino-alcohol motifs (C(OH)–C–C–N with tert-alkyl or cyclic N) is 2. The van der Waals surface area contributed by atoms with Crippen LogP contribution in [0.1, 0.15) is 17.3 Å². The van der Waals surface area contributed by atoms with Gasteiger partial charge in [0.1, 0.15) is 42.5 Å². The molecule has 9 nitrogen and oxygen atoms in total. The van der Waals surface area contributed by atoms with Crippen LogP contribution in [0.15, 0.2) is 18.2 Å². The van der Waals surface area contributed by atoms with Crippen LogP contribution in [0.2, 0.25) is 0 Å². The normalized spacial score (nSPS) is 21.0. The lowest BCUT2D eigenvalue weighted by Gasteiger charge is -2.33. The van der Waals surface area contributed by atoms with E-state index in [1.54, 1.807) is 18.2 Å². The van der Waals surface area contributed by atoms with Crippen LogP contribution in [-0.4, -0.2) is 141 Å². The number of likely N-dealkylation sites (N-methyl/N-ethyl adjacent to an activating group) is 2. The number of piperazine rings is 2. The van der Waals surface area contributed by atoms with E-state index >= 15 is 0 Å². The third-order valence-electron chi connectivity index (χ3n) is 6.33. The van der Waals surface area contributed by atoms with Gasteiger partial charge in [-0.15, -0.1) is 0 Å². The maximum absolute atomic E-state index is 12.4. The molecular weight excluding hydrogens is 424 g/mol. The number of carbonyl (C=O) groups excluding carboxylic acids is 1. The first-order valence-corrected chi connectivity index (χ1v) is 11.9. The Morgan fingerprint density at radius 1 is 0.818 bits per heavy atom. The van der Waals surface area contributed by atoms with Crippen molar-refractivity contribution in [3.8, 4) is 11.5 Å². The fourth-order valence-corrected chi connectivity index (χ4v) is 4.23. The number of ether oxygens (including phenoxy) is 2. The Hall–Kier alpha value is -1.75. The molecule has 0 amide bonds. The quantitative estimate of drug-likeness (QED) is 0.435. The van der Waals surface area contributed by atoms with Crippen molar-refractivity contribution in [3.05, 3.63) is 23.8 Å². The Morgan fingerprint density at radius 2 is 1.21 bits per heavy atom. The van der Waals surface area contributed by atoms with Crippen molar-refractivity contribution < 1.29 is 24.5 Å². The van der Waals surface area contributed by atoms with Gasteiger partial charge in [0.05, 0.1) is 0 Å². The van der Waals surface area contributed by atoms with Crippen molar-refractivity contribution in [2.45, 2.75) is 19.1 Å². The van der Waals surface area contributed by atoms with Crippen LogP contribution in [0.5, 0.6) is 11.5 Å². The monoisotopic (exact) mass is 464 g/mol. The number of ketones is 1. The zero-order valence-corrected chi connectivity index (χ0v) is 20.3. The molecule has 2 aliphatic rings. The Bertz CT molecular complexity index is 696. The van der Waals surface area contributed by atoms with E-state index < -0.39 is 12.2 Å². The molecule has 0 spiro atoms. The molecule has 0 saturated carbocycles. The number of aliphatic hydroxyl groups excluding tert-OH is 2. The second kappa shape index (κ2) is 12.6. The highest BCUT2D eigenvalue weighted by molar-refractivity contribution is 5.99. The summed E-state index contributed by atoms with van der Waals surface area (Å²) in [6.07, 6.45) is -1.30. The minimum atomic E-state index is -0.650. The third kappa shape index (κ3) is 8.20. The summed E-state index contributed by atoms with van der Waals surface area (Å²) in [6, 6.07) is 5.19. The van der Waals surface area contributed by atoms with Crippen LogP contribution in [0.25, 0.3) is 0 Å². The lowest BCUT2D eigenvalue weighted by molar-refractivity contribution is 0.0479. The number of Topliss-reactive ketones (excluding diaryl/α,β-unsaturated/α-hetero) is 1. The van der Waals surface area contributed by atoms with E-state index in [0.717, 1.165) is 52.4 Å². The third-order valence-corrected chi connectivity index (χ3v) is 6.33. The van der Waals surface area contributed by atoms with E-state index in [1.807, 2.05) is 0 Å². The van der Waals surface area contributed by atoms with Crippen molar-refractivity contribution in [1.29, 1.82) is 0 Å². The Morgan fingerprint density at radius 3 is 1.58 bits per heavy atom. The van der Waals surface area contributed by atoms with Gasteiger partial charge in [-0.3, -0.25) is 14.6 Å². The Kier molecular flexibility index (Phi) is 9.91. The second-order valence-corrected chi connectivity index (χ2v) is 9.32. The fourth-order valence-electron chi connectivity index (χ4n) is 4.23. The summed E-state index contributed by atoms with van der Waals surface area (Å²) in [4.78, 5) is 21.3. The number of nitrogens with zero attached hydrogens (tertiary/aromatic N) is 4. The summed E-state index contributed by atoms with van der Waals surface area (Å²) >= 11 is 0. The van der Waals surface area contributed by atoms with Gasteiger partial charge in [-0.2, -0.15) is 0 Å². The van der Waals surface area contributed by atoms with Gasteiger partial charge in [-0.1, -0.05) is 6.07 Å². The van der Waals surface area contributed by atoms with Gasteiger partial charge in [0, 0.05) is 65.4 Å². The molecule has 9 heteroatoms. The Labute approximate surface area is 197 Å². The van der Waals surface area contributed by atoms with Crippen LogP contribution in [0, 0.1) is 0 Å². The molecule has 2 saturated heterocycles. The second-order valence-electron chi connectivity index (χ2n) is 9.32. The topological polar surface area (TPSA) is 89.0 Å². The molecule has 2 heterocycles. The van der Waals surface area contributed by atoms with E-state index in [-0.39, 0.29) is 19.0 Å². The summed E-state index contributed by atoms with van der Waals surface area (Å²) < 4.78 is 11.7. The maximum Gasteiger partial charge on any atom is 0.167 e. The zero-order valence-electron chi connectivity index (χ0n) is 20.3. The van der Waals surface area contributed by atoms with Gasteiger partial charge in [0.15, 0.2) is 5.78 Å². The number of benzene rings is 1. The molecule has 0 aliphatic carbocycles. The van der Waals surface area contributed by atoms with Crippen LogP contribution in [-0.2, 0) is 0 Å². The molecule has 2 aliphatic heterocycles. The number of carbonyl (C=O) groups is 1. The van der Waals surface area contributed by atoms with Crippen molar-refractivity contribution in [3.63, 3.8) is 0 Å². The van der Waals surface area contributed by atoms with E-state index in [2.05, 4.69) is 33.7 Å². The highest BCUT2D eigenvalue weighted by Gasteiger charge is 2.21. The van der Waals surface area contributed by atoms with Crippen LogP contribution < -0.4 is 9.47 Å². The van der Waals surface area contributed by atoms with E-state index in [4.69, 9.17) is 9.47 Å². The van der Waals surface area contributed by atoms with Crippen molar-refractivity contribution in [1.82, 2.24) is 19.6 Å². The zero-order chi connectivity index (χ0) is 23.8. The lowest BCUT2D eigenvalue weighted by atomic mass is 10.1. The summed E-state index contributed by atoms with van der Waals surface area (Å²) in [5, 5.41) is 20.9. The highest BCUT2D eigenvalue weighted by atomic mass is 16.5. The largest absolute Gasteiger partial charge is 0.490 e.